The average Bonchev–Trinajstić information content (AvgIpc) is 3.35. The van der Waals surface area contributed by atoms with Crippen molar-refractivity contribution in [2.45, 2.75) is 6.04 Å². The first kappa shape index (κ1) is 15.7. The van der Waals surface area contributed by atoms with E-state index in [4.69, 9.17) is 4.42 Å². The van der Waals surface area contributed by atoms with E-state index in [1.807, 2.05) is 41.8 Å². The molecule has 1 fully saturated rings. The Morgan fingerprint density at radius 1 is 1.20 bits per heavy atom. The van der Waals surface area contributed by atoms with Crippen molar-refractivity contribution in [2.75, 3.05) is 13.1 Å². The molecule has 1 N–H and O–H groups in total. The van der Waals surface area contributed by atoms with Gasteiger partial charge in [0.05, 0.1) is 12.5 Å². The predicted octanol–water partition coefficient (Wildman–Crippen LogP) is 3.32. The van der Waals surface area contributed by atoms with Gasteiger partial charge in [0.15, 0.2) is 0 Å². The number of amides is 2. The smallest absolute Gasteiger partial charge is 0.254 e. The molecule has 0 bridgehead atoms. The molecule has 6 heteroatoms. The first-order valence-corrected chi connectivity index (χ1v) is 8.87. The van der Waals surface area contributed by atoms with Crippen LogP contribution >= 0.6 is 11.3 Å². The van der Waals surface area contributed by atoms with E-state index in [-0.39, 0.29) is 11.8 Å². The van der Waals surface area contributed by atoms with Crippen molar-refractivity contribution < 1.29 is 14.0 Å². The van der Waals surface area contributed by atoms with Crippen molar-refractivity contribution in [1.29, 1.82) is 0 Å². The molecule has 0 spiro atoms. The van der Waals surface area contributed by atoms with E-state index >= 15 is 0 Å². The Balaban J connectivity index is 1.67. The highest BCUT2D eigenvalue weighted by Crippen LogP contribution is 2.29. The first-order chi connectivity index (χ1) is 12.2. The van der Waals surface area contributed by atoms with Gasteiger partial charge in [-0.2, -0.15) is 0 Å². The summed E-state index contributed by atoms with van der Waals surface area (Å²) < 4.78 is 5.12. The maximum Gasteiger partial charge on any atom is 0.254 e. The Hall–Kier alpha value is -2.86. The number of furan rings is 1. The number of nitrogens with one attached hydrogen (secondary N) is 1. The van der Waals surface area contributed by atoms with Crippen LogP contribution in [0, 0.1) is 0 Å². The van der Waals surface area contributed by atoms with Crippen LogP contribution in [-0.4, -0.2) is 29.8 Å². The van der Waals surface area contributed by atoms with Crippen molar-refractivity contribution in [3.8, 4) is 11.1 Å². The van der Waals surface area contributed by atoms with Gasteiger partial charge in [0.1, 0.15) is 6.04 Å². The van der Waals surface area contributed by atoms with Gasteiger partial charge in [-0.15, -0.1) is 11.3 Å². The van der Waals surface area contributed by atoms with E-state index in [0.717, 1.165) is 16.0 Å². The lowest BCUT2D eigenvalue weighted by atomic mass is 10.0. The summed E-state index contributed by atoms with van der Waals surface area (Å²) in [6.07, 6.45) is 3.25. The minimum absolute atomic E-state index is 0.131. The molecule has 1 atom stereocenters. The fourth-order valence-corrected chi connectivity index (χ4v) is 3.88. The fourth-order valence-electron chi connectivity index (χ4n) is 3.04. The molecule has 126 valence electrons. The van der Waals surface area contributed by atoms with Crippen molar-refractivity contribution >= 4 is 23.2 Å². The third kappa shape index (κ3) is 2.96. The molecule has 4 rings (SSSR count). The molecule has 2 aromatic heterocycles. The van der Waals surface area contributed by atoms with Gasteiger partial charge in [0.2, 0.25) is 5.91 Å². The lowest BCUT2D eigenvalue weighted by molar-refractivity contribution is -0.127. The van der Waals surface area contributed by atoms with Gasteiger partial charge in [-0.1, -0.05) is 18.2 Å². The number of carbonyl (C=O) groups is 2. The van der Waals surface area contributed by atoms with Crippen LogP contribution in [0.15, 0.2) is 64.8 Å². The normalized spacial score (nSPS) is 17.4. The monoisotopic (exact) mass is 352 g/mol. The maximum absolute atomic E-state index is 13.1. The van der Waals surface area contributed by atoms with Gasteiger partial charge in [-0.3, -0.25) is 9.59 Å². The summed E-state index contributed by atoms with van der Waals surface area (Å²) in [7, 11) is 0. The molecule has 3 heterocycles. The topological polar surface area (TPSA) is 62.6 Å². The van der Waals surface area contributed by atoms with E-state index in [2.05, 4.69) is 5.32 Å². The molecule has 0 radical (unpaired) electrons. The van der Waals surface area contributed by atoms with Gasteiger partial charge in [0, 0.05) is 29.1 Å². The Morgan fingerprint density at radius 2 is 2.12 bits per heavy atom. The number of piperazine rings is 1. The van der Waals surface area contributed by atoms with E-state index < -0.39 is 6.04 Å². The van der Waals surface area contributed by atoms with Gasteiger partial charge in [-0.05, 0) is 35.2 Å². The van der Waals surface area contributed by atoms with Crippen molar-refractivity contribution in [2.24, 2.45) is 0 Å². The second-order valence-corrected chi connectivity index (χ2v) is 6.78. The third-order valence-corrected chi connectivity index (χ3v) is 5.17. The zero-order chi connectivity index (χ0) is 17.2. The van der Waals surface area contributed by atoms with Crippen LogP contribution in [0.3, 0.4) is 0 Å². The minimum atomic E-state index is -0.571. The van der Waals surface area contributed by atoms with E-state index in [1.165, 1.54) is 11.3 Å². The number of hydrogen-bond donors (Lipinski definition) is 1. The first-order valence-electron chi connectivity index (χ1n) is 7.99. The fraction of sp³-hybridized carbons (Fsp3) is 0.158. The minimum Gasteiger partial charge on any atom is -0.472 e. The number of hydrogen-bond acceptors (Lipinski definition) is 4. The molecule has 1 aliphatic rings. The molecule has 25 heavy (non-hydrogen) atoms. The number of benzene rings is 1. The molecule has 5 nitrogen and oxygen atoms in total. The summed E-state index contributed by atoms with van der Waals surface area (Å²) in [6.45, 7) is 0.955. The average molecular weight is 352 g/mol. The highest BCUT2D eigenvalue weighted by molar-refractivity contribution is 7.10. The van der Waals surface area contributed by atoms with Gasteiger partial charge in [0.25, 0.3) is 5.91 Å². The zero-order valence-electron chi connectivity index (χ0n) is 13.3. The van der Waals surface area contributed by atoms with Gasteiger partial charge >= 0.3 is 0 Å². The number of carbonyl (C=O) groups excluding carboxylic acids is 2. The maximum atomic E-state index is 13.1. The third-order valence-electron chi connectivity index (χ3n) is 4.25. The SMILES string of the molecule is O=C1NCCN(C(=O)c2cccc(-c3ccoc3)c2)C1c1cccs1. The van der Waals surface area contributed by atoms with Crippen LogP contribution in [0.1, 0.15) is 21.3 Å². The van der Waals surface area contributed by atoms with E-state index in [0.29, 0.717) is 18.7 Å². The number of rotatable bonds is 3. The Bertz CT molecular complexity index is 887. The van der Waals surface area contributed by atoms with Crippen molar-refractivity contribution in [3.63, 3.8) is 0 Å². The molecule has 1 unspecified atom stereocenters. The summed E-state index contributed by atoms with van der Waals surface area (Å²) in [5.74, 6) is -0.272. The molecule has 0 saturated carbocycles. The summed E-state index contributed by atoms with van der Waals surface area (Å²) in [4.78, 5) is 28.0. The number of nitrogens with zero attached hydrogens (tertiary/aromatic N) is 1. The molecular formula is C19H16N2O3S. The summed E-state index contributed by atoms with van der Waals surface area (Å²) in [6, 6.07) is 12.5. The van der Waals surface area contributed by atoms with Crippen LogP contribution in [0.2, 0.25) is 0 Å². The van der Waals surface area contributed by atoms with E-state index in [1.54, 1.807) is 23.5 Å². The van der Waals surface area contributed by atoms with Crippen LogP contribution < -0.4 is 5.32 Å². The number of thiophene rings is 1. The molecule has 3 aromatic rings. The van der Waals surface area contributed by atoms with Crippen LogP contribution in [-0.2, 0) is 4.79 Å². The summed E-state index contributed by atoms with van der Waals surface area (Å²) >= 11 is 1.48. The molecule has 1 aliphatic heterocycles. The second-order valence-electron chi connectivity index (χ2n) is 5.80. The highest BCUT2D eigenvalue weighted by Gasteiger charge is 2.35. The second kappa shape index (κ2) is 6.57. The quantitative estimate of drug-likeness (QED) is 0.786. The lowest BCUT2D eigenvalue weighted by Gasteiger charge is -2.34. The van der Waals surface area contributed by atoms with Crippen molar-refractivity contribution in [1.82, 2.24) is 10.2 Å². The summed E-state index contributed by atoms with van der Waals surface area (Å²) in [5.41, 5.74) is 2.39. The predicted molar refractivity (Wildman–Crippen MR) is 95.3 cm³/mol. The molecule has 0 aliphatic carbocycles. The molecule has 2 amide bonds. The Morgan fingerprint density at radius 3 is 2.88 bits per heavy atom. The van der Waals surface area contributed by atoms with Gasteiger partial charge in [-0.25, -0.2) is 0 Å². The Kier molecular flexibility index (Phi) is 4.11. The van der Waals surface area contributed by atoms with E-state index in [9.17, 15) is 9.59 Å². The molecule has 1 saturated heterocycles. The van der Waals surface area contributed by atoms with Crippen LogP contribution in [0.25, 0.3) is 11.1 Å². The molecule has 1 aromatic carbocycles. The highest BCUT2D eigenvalue weighted by atomic mass is 32.1. The van der Waals surface area contributed by atoms with Gasteiger partial charge < -0.3 is 14.6 Å². The zero-order valence-corrected chi connectivity index (χ0v) is 14.2. The van der Waals surface area contributed by atoms with Crippen LogP contribution in [0.4, 0.5) is 0 Å². The van der Waals surface area contributed by atoms with Crippen molar-refractivity contribution in [3.05, 3.63) is 70.8 Å². The molecular weight excluding hydrogens is 336 g/mol. The lowest BCUT2D eigenvalue weighted by Crippen LogP contribution is -2.51. The largest absolute Gasteiger partial charge is 0.472 e. The standard InChI is InChI=1S/C19H16N2O3S/c22-18-17(16-5-2-10-25-16)21(8-7-20-18)19(23)14-4-1-3-13(11-14)15-6-9-24-12-15/h1-6,9-12,17H,7-8H2,(H,20,22). The Labute approximate surface area is 148 Å². The van der Waals surface area contributed by atoms with Crippen LogP contribution in [0.5, 0.6) is 0 Å². The summed E-state index contributed by atoms with van der Waals surface area (Å²) in [5, 5.41) is 4.77.